The molecule has 1 heterocycles. The van der Waals surface area contributed by atoms with Crippen molar-refractivity contribution in [2.45, 2.75) is 20.3 Å². The molecule has 0 fully saturated rings. The molecule has 0 saturated carbocycles. The van der Waals surface area contributed by atoms with Crippen LogP contribution in [0, 0.1) is 5.92 Å². The van der Waals surface area contributed by atoms with Crippen LogP contribution < -0.4 is 16.0 Å². The van der Waals surface area contributed by atoms with Crippen molar-refractivity contribution in [1.82, 2.24) is 5.32 Å². The lowest BCUT2D eigenvalue weighted by molar-refractivity contribution is -0.120. The molecule has 0 saturated heterocycles. The van der Waals surface area contributed by atoms with Crippen LogP contribution in [0.5, 0.6) is 0 Å². The molecule has 0 spiro atoms. The zero-order valence-electron chi connectivity index (χ0n) is 15.6. The maximum atomic E-state index is 12.4. The molecule has 2 aromatic carbocycles. The molecule has 2 amide bonds. The van der Waals surface area contributed by atoms with Gasteiger partial charge >= 0.3 is 0 Å². The summed E-state index contributed by atoms with van der Waals surface area (Å²) < 4.78 is 5.56. The summed E-state index contributed by atoms with van der Waals surface area (Å²) in [6.07, 6.45) is 0.411. The molecule has 0 atom stereocenters. The molecule has 28 heavy (non-hydrogen) atoms. The smallest absolute Gasteiger partial charge is 0.291 e. The predicted octanol–water partition coefficient (Wildman–Crippen LogP) is 4.54. The first-order chi connectivity index (χ1) is 13.4. The van der Waals surface area contributed by atoms with E-state index in [1.807, 2.05) is 38.1 Å². The van der Waals surface area contributed by atoms with Gasteiger partial charge in [0.25, 0.3) is 5.91 Å². The minimum Gasteiger partial charge on any atom is -0.451 e. The Labute approximate surface area is 168 Å². The van der Waals surface area contributed by atoms with E-state index >= 15 is 0 Å². The van der Waals surface area contributed by atoms with E-state index < -0.39 is 0 Å². The number of nitrogens with one attached hydrogen (secondary N) is 3. The number of hydrogen-bond acceptors (Lipinski definition) is 4. The topological polar surface area (TPSA) is 83.4 Å². The summed E-state index contributed by atoms with van der Waals surface area (Å²) in [7, 11) is 0. The molecule has 7 heteroatoms. The molecular formula is C21H21N3O3S. The van der Waals surface area contributed by atoms with Crippen LogP contribution in [0.2, 0.25) is 0 Å². The summed E-state index contributed by atoms with van der Waals surface area (Å²) in [5.74, 6) is 0.0606. The van der Waals surface area contributed by atoms with Crippen LogP contribution in [0.4, 0.5) is 11.4 Å². The summed E-state index contributed by atoms with van der Waals surface area (Å²) in [5, 5.41) is 9.49. The Kier molecular flexibility index (Phi) is 6.06. The lowest BCUT2D eigenvalue weighted by Gasteiger charge is -2.11. The Morgan fingerprint density at radius 2 is 1.64 bits per heavy atom. The fourth-order valence-electron chi connectivity index (χ4n) is 2.63. The number of amides is 2. The van der Waals surface area contributed by atoms with Crippen molar-refractivity contribution in [2.75, 3.05) is 10.6 Å². The van der Waals surface area contributed by atoms with Crippen LogP contribution in [0.1, 0.15) is 30.8 Å². The SMILES string of the molecule is CC(C)CC(=O)NC(=S)Nc1ccc(NC(=O)c2cc3ccccc3o2)cc1. The highest BCUT2D eigenvalue weighted by Crippen LogP contribution is 2.20. The number of furan rings is 1. The molecule has 0 aliphatic heterocycles. The summed E-state index contributed by atoms with van der Waals surface area (Å²) >= 11 is 5.14. The molecule has 0 bridgehead atoms. The Hall–Kier alpha value is -3.19. The lowest BCUT2D eigenvalue weighted by atomic mass is 10.1. The fourth-order valence-corrected chi connectivity index (χ4v) is 2.87. The number of para-hydroxylation sites is 1. The number of thiocarbonyl (C=S) groups is 1. The Morgan fingerprint density at radius 1 is 1.00 bits per heavy atom. The molecule has 1 aromatic heterocycles. The summed E-state index contributed by atoms with van der Waals surface area (Å²) in [6, 6.07) is 16.1. The zero-order valence-corrected chi connectivity index (χ0v) is 16.4. The zero-order chi connectivity index (χ0) is 20.1. The van der Waals surface area contributed by atoms with E-state index in [1.165, 1.54) is 0 Å². The van der Waals surface area contributed by atoms with Gasteiger partial charge in [0, 0.05) is 23.2 Å². The van der Waals surface area contributed by atoms with Gasteiger partial charge in [0.15, 0.2) is 10.9 Å². The number of anilines is 2. The first-order valence-electron chi connectivity index (χ1n) is 8.91. The molecule has 0 unspecified atom stereocenters. The third-order valence-electron chi connectivity index (χ3n) is 3.90. The van der Waals surface area contributed by atoms with E-state index in [0.717, 1.165) is 5.39 Å². The average molecular weight is 395 g/mol. The first kappa shape index (κ1) is 19.6. The average Bonchev–Trinajstić information content (AvgIpc) is 3.07. The molecule has 6 nitrogen and oxygen atoms in total. The third-order valence-corrected chi connectivity index (χ3v) is 4.10. The van der Waals surface area contributed by atoms with Crippen LogP contribution >= 0.6 is 12.2 Å². The molecule has 144 valence electrons. The van der Waals surface area contributed by atoms with E-state index in [0.29, 0.717) is 23.4 Å². The first-order valence-corrected chi connectivity index (χ1v) is 9.32. The Bertz CT molecular complexity index is 976. The van der Waals surface area contributed by atoms with Gasteiger partial charge in [0.1, 0.15) is 5.58 Å². The van der Waals surface area contributed by atoms with E-state index in [4.69, 9.17) is 16.6 Å². The minimum absolute atomic E-state index is 0.123. The highest BCUT2D eigenvalue weighted by atomic mass is 32.1. The summed E-state index contributed by atoms with van der Waals surface area (Å²) in [6.45, 7) is 3.93. The third kappa shape index (κ3) is 5.17. The van der Waals surface area contributed by atoms with Gasteiger partial charge in [0.2, 0.25) is 5.91 Å². The van der Waals surface area contributed by atoms with Gasteiger partial charge in [-0.2, -0.15) is 0 Å². The Morgan fingerprint density at radius 3 is 2.29 bits per heavy atom. The molecule has 3 N–H and O–H groups in total. The van der Waals surface area contributed by atoms with Gasteiger partial charge in [-0.1, -0.05) is 32.0 Å². The van der Waals surface area contributed by atoms with Crippen molar-refractivity contribution in [1.29, 1.82) is 0 Å². The van der Waals surface area contributed by atoms with Gasteiger partial charge in [-0.15, -0.1) is 0 Å². The largest absolute Gasteiger partial charge is 0.451 e. The molecule has 3 aromatic rings. The predicted molar refractivity (Wildman–Crippen MR) is 114 cm³/mol. The second-order valence-corrected chi connectivity index (χ2v) is 7.19. The number of hydrogen-bond donors (Lipinski definition) is 3. The van der Waals surface area contributed by atoms with E-state index in [-0.39, 0.29) is 28.6 Å². The molecule has 0 aliphatic carbocycles. The van der Waals surface area contributed by atoms with Crippen LogP contribution in [-0.4, -0.2) is 16.9 Å². The number of carbonyl (C=O) groups is 2. The Balaban J connectivity index is 1.57. The van der Waals surface area contributed by atoms with Gasteiger partial charge in [-0.3, -0.25) is 9.59 Å². The summed E-state index contributed by atoms with van der Waals surface area (Å²) in [5.41, 5.74) is 1.99. The van der Waals surface area contributed by atoms with Crippen molar-refractivity contribution < 1.29 is 14.0 Å². The highest BCUT2D eigenvalue weighted by molar-refractivity contribution is 7.80. The number of carbonyl (C=O) groups excluding carboxylic acids is 2. The van der Waals surface area contributed by atoms with Crippen molar-refractivity contribution >= 4 is 51.5 Å². The fraction of sp³-hybridized carbons (Fsp3) is 0.190. The van der Waals surface area contributed by atoms with Crippen molar-refractivity contribution in [2.24, 2.45) is 5.92 Å². The lowest BCUT2D eigenvalue weighted by Crippen LogP contribution is -2.34. The van der Waals surface area contributed by atoms with Gasteiger partial charge in [0.05, 0.1) is 0 Å². The molecular weight excluding hydrogens is 374 g/mol. The van der Waals surface area contributed by atoms with Crippen molar-refractivity contribution in [3.05, 3.63) is 60.4 Å². The van der Waals surface area contributed by atoms with Crippen LogP contribution in [0.3, 0.4) is 0 Å². The molecule has 3 rings (SSSR count). The number of rotatable bonds is 5. The second-order valence-electron chi connectivity index (χ2n) is 6.78. The minimum atomic E-state index is -0.326. The van der Waals surface area contributed by atoms with Crippen LogP contribution in [0.25, 0.3) is 11.0 Å². The monoisotopic (exact) mass is 395 g/mol. The standard InChI is InChI=1S/C21H21N3O3S/c1-13(2)11-19(25)24-21(28)23-16-9-7-15(8-10-16)22-20(26)18-12-14-5-3-4-6-17(14)27-18/h3-10,12-13H,11H2,1-2H3,(H,22,26)(H2,23,24,25,28). The number of benzene rings is 2. The highest BCUT2D eigenvalue weighted by Gasteiger charge is 2.12. The van der Waals surface area contributed by atoms with E-state index in [2.05, 4.69) is 16.0 Å². The molecule has 0 aliphatic rings. The quantitative estimate of drug-likeness (QED) is 0.552. The maximum Gasteiger partial charge on any atom is 0.291 e. The summed E-state index contributed by atoms with van der Waals surface area (Å²) in [4.78, 5) is 24.1. The van der Waals surface area contributed by atoms with Gasteiger partial charge in [-0.05, 0) is 54.5 Å². The van der Waals surface area contributed by atoms with E-state index in [1.54, 1.807) is 30.3 Å². The van der Waals surface area contributed by atoms with Crippen molar-refractivity contribution in [3.63, 3.8) is 0 Å². The van der Waals surface area contributed by atoms with Gasteiger partial charge < -0.3 is 20.4 Å². The van der Waals surface area contributed by atoms with Crippen molar-refractivity contribution in [3.8, 4) is 0 Å². The van der Waals surface area contributed by atoms with Gasteiger partial charge in [-0.25, -0.2) is 0 Å². The van der Waals surface area contributed by atoms with Crippen LogP contribution in [0.15, 0.2) is 59.0 Å². The normalized spacial score (nSPS) is 10.7. The second kappa shape index (κ2) is 8.67. The maximum absolute atomic E-state index is 12.4. The number of fused-ring (bicyclic) bond motifs is 1. The molecule has 0 radical (unpaired) electrons. The van der Waals surface area contributed by atoms with Crippen LogP contribution in [-0.2, 0) is 4.79 Å². The van der Waals surface area contributed by atoms with E-state index in [9.17, 15) is 9.59 Å².